The van der Waals surface area contributed by atoms with E-state index in [-0.39, 0.29) is 29.6 Å². The molecule has 0 radical (unpaired) electrons. The normalized spacial score (nSPS) is 12.4. The molecular formula is C26H17ClFN3O3. The summed E-state index contributed by atoms with van der Waals surface area (Å²) >= 11 is 6.11. The van der Waals surface area contributed by atoms with E-state index in [2.05, 4.69) is 15.3 Å². The molecule has 2 aromatic heterocycles. The predicted octanol–water partition coefficient (Wildman–Crippen LogP) is 5.83. The topological polar surface area (TPSA) is 76.2 Å². The van der Waals surface area contributed by atoms with Crippen LogP contribution in [0, 0.1) is 5.82 Å². The second-order valence-electron chi connectivity index (χ2n) is 7.90. The van der Waals surface area contributed by atoms with Crippen LogP contribution in [-0.4, -0.2) is 22.7 Å². The standard InChI is InChI=1S/C26H17ClFN3O3/c27-18-5-3-6-19(28)17(18)12-29-26(32)21-11-16-15-4-1-2-7-20(15)30-25(16)24(31-21)14-8-9-22-23(10-14)34-13-33-22/h1-11,30H,12-13H2,(H,29,32). The molecule has 2 N–H and O–H groups in total. The highest BCUT2D eigenvalue weighted by Crippen LogP contribution is 2.38. The Hall–Kier alpha value is -4.10. The van der Waals surface area contributed by atoms with E-state index in [1.54, 1.807) is 12.1 Å². The molecule has 0 saturated carbocycles. The highest BCUT2D eigenvalue weighted by atomic mass is 35.5. The van der Waals surface area contributed by atoms with Gasteiger partial charge in [0.2, 0.25) is 6.79 Å². The van der Waals surface area contributed by atoms with Gasteiger partial charge >= 0.3 is 0 Å². The maximum Gasteiger partial charge on any atom is 0.270 e. The molecule has 8 heteroatoms. The van der Waals surface area contributed by atoms with E-state index in [1.807, 2.05) is 42.5 Å². The van der Waals surface area contributed by atoms with Crippen LogP contribution in [0.1, 0.15) is 16.1 Å². The molecule has 34 heavy (non-hydrogen) atoms. The smallest absolute Gasteiger partial charge is 0.270 e. The molecule has 5 aromatic rings. The van der Waals surface area contributed by atoms with Gasteiger partial charge in [0.15, 0.2) is 11.5 Å². The SMILES string of the molecule is O=C(NCc1c(F)cccc1Cl)c1cc2c([nH]c3ccccc32)c(-c2ccc3c(c2)OCO3)n1. The van der Waals surface area contributed by atoms with E-state index < -0.39 is 11.7 Å². The first-order valence-electron chi connectivity index (χ1n) is 10.6. The lowest BCUT2D eigenvalue weighted by molar-refractivity contribution is 0.0946. The average Bonchev–Trinajstić information content (AvgIpc) is 3.47. The number of rotatable bonds is 4. The summed E-state index contributed by atoms with van der Waals surface area (Å²) in [6, 6.07) is 19.5. The number of ether oxygens (including phenoxy) is 2. The summed E-state index contributed by atoms with van der Waals surface area (Å²) in [4.78, 5) is 21.2. The molecule has 3 heterocycles. The number of amides is 1. The fraction of sp³-hybridized carbons (Fsp3) is 0.0769. The van der Waals surface area contributed by atoms with Crippen molar-refractivity contribution in [3.05, 3.63) is 88.8 Å². The third kappa shape index (κ3) is 3.41. The van der Waals surface area contributed by atoms with Gasteiger partial charge in [-0.2, -0.15) is 0 Å². The Morgan fingerprint density at radius 1 is 1.03 bits per heavy atom. The van der Waals surface area contributed by atoms with Crippen LogP contribution in [0.15, 0.2) is 66.7 Å². The third-order valence-corrected chi connectivity index (χ3v) is 6.22. The Morgan fingerprint density at radius 2 is 1.88 bits per heavy atom. The molecule has 1 aliphatic rings. The Bertz CT molecular complexity index is 1580. The van der Waals surface area contributed by atoms with Gasteiger partial charge in [-0.15, -0.1) is 0 Å². The van der Waals surface area contributed by atoms with E-state index >= 15 is 0 Å². The molecule has 1 aliphatic heterocycles. The number of H-pyrrole nitrogens is 1. The van der Waals surface area contributed by atoms with Crippen molar-refractivity contribution in [2.45, 2.75) is 6.54 Å². The summed E-state index contributed by atoms with van der Waals surface area (Å²) in [5.41, 5.74) is 3.53. The van der Waals surface area contributed by atoms with Crippen molar-refractivity contribution in [1.29, 1.82) is 0 Å². The van der Waals surface area contributed by atoms with E-state index in [1.165, 1.54) is 12.1 Å². The van der Waals surface area contributed by atoms with Crippen molar-refractivity contribution >= 4 is 39.3 Å². The number of halogens is 2. The zero-order chi connectivity index (χ0) is 23.2. The minimum atomic E-state index is -0.478. The van der Waals surface area contributed by atoms with Crippen LogP contribution in [0.2, 0.25) is 5.02 Å². The van der Waals surface area contributed by atoms with Gasteiger partial charge in [0.1, 0.15) is 11.5 Å². The molecule has 0 saturated heterocycles. The molecule has 0 fully saturated rings. The number of aromatic nitrogens is 2. The number of aromatic amines is 1. The second kappa shape index (κ2) is 8.04. The summed E-state index contributed by atoms with van der Waals surface area (Å²) in [6.45, 7) is 0.104. The minimum Gasteiger partial charge on any atom is -0.454 e. The Labute approximate surface area is 198 Å². The largest absolute Gasteiger partial charge is 0.454 e. The maximum atomic E-state index is 14.2. The zero-order valence-corrected chi connectivity index (χ0v) is 18.4. The number of hydrogen-bond acceptors (Lipinski definition) is 4. The molecule has 0 atom stereocenters. The number of para-hydroxylation sites is 1. The highest BCUT2D eigenvalue weighted by molar-refractivity contribution is 6.31. The monoisotopic (exact) mass is 473 g/mol. The summed E-state index contributed by atoms with van der Waals surface area (Å²) in [6.07, 6.45) is 0. The first-order valence-corrected chi connectivity index (χ1v) is 11.0. The molecule has 168 valence electrons. The van der Waals surface area contributed by atoms with E-state index in [9.17, 15) is 9.18 Å². The molecule has 6 rings (SSSR count). The van der Waals surface area contributed by atoms with Gasteiger partial charge in [-0.25, -0.2) is 9.37 Å². The molecule has 6 nitrogen and oxygen atoms in total. The van der Waals surface area contributed by atoms with Crippen molar-refractivity contribution in [3.63, 3.8) is 0 Å². The van der Waals surface area contributed by atoms with Crippen molar-refractivity contribution < 1.29 is 18.7 Å². The van der Waals surface area contributed by atoms with Gasteiger partial charge in [0.25, 0.3) is 5.91 Å². The summed E-state index contributed by atoms with van der Waals surface area (Å²) < 4.78 is 25.1. The minimum absolute atomic E-state index is 0.0582. The van der Waals surface area contributed by atoms with Crippen LogP contribution < -0.4 is 14.8 Å². The summed E-state index contributed by atoms with van der Waals surface area (Å²) in [5.74, 6) is 0.363. The van der Waals surface area contributed by atoms with Gasteiger partial charge < -0.3 is 19.8 Å². The number of hydrogen-bond donors (Lipinski definition) is 2. The lowest BCUT2D eigenvalue weighted by Crippen LogP contribution is -2.24. The molecule has 3 aromatic carbocycles. The van der Waals surface area contributed by atoms with Crippen LogP contribution in [0.4, 0.5) is 4.39 Å². The van der Waals surface area contributed by atoms with E-state index in [4.69, 9.17) is 21.1 Å². The number of carbonyl (C=O) groups excluding carboxylic acids is 1. The maximum absolute atomic E-state index is 14.2. The van der Waals surface area contributed by atoms with Gasteiger partial charge in [-0.3, -0.25) is 4.79 Å². The van der Waals surface area contributed by atoms with Gasteiger partial charge in [-0.05, 0) is 42.5 Å². The summed E-state index contributed by atoms with van der Waals surface area (Å²) in [7, 11) is 0. The third-order valence-electron chi connectivity index (χ3n) is 5.86. The lowest BCUT2D eigenvalue weighted by Gasteiger charge is -2.10. The van der Waals surface area contributed by atoms with Crippen molar-refractivity contribution in [2.75, 3.05) is 6.79 Å². The van der Waals surface area contributed by atoms with Crippen LogP contribution in [-0.2, 0) is 6.54 Å². The average molecular weight is 474 g/mol. The second-order valence-corrected chi connectivity index (χ2v) is 8.31. The molecule has 1 amide bonds. The zero-order valence-electron chi connectivity index (χ0n) is 17.7. The Morgan fingerprint density at radius 3 is 2.76 bits per heavy atom. The van der Waals surface area contributed by atoms with Crippen LogP contribution in [0.3, 0.4) is 0 Å². The number of nitrogens with zero attached hydrogens (tertiary/aromatic N) is 1. The first-order chi connectivity index (χ1) is 16.6. The van der Waals surface area contributed by atoms with Gasteiger partial charge in [0.05, 0.1) is 11.2 Å². The predicted molar refractivity (Wildman–Crippen MR) is 128 cm³/mol. The Balaban J connectivity index is 1.46. The first kappa shape index (κ1) is 20.5. The van der Waals surface area contributed by atoms with Crippen LogP contribution in [0.25, 0.3) is 33.1 Å². The molecule has 0 unspecified atom stereocenters. The van der Waals surface area contributed by atoms with Crippen LogP contribution >= 0.6 is 11.6 Å². The number of nitrogens with one attached hydrogen (secondary N) is 2. The molecular weight excluding hydrogens is 457 g/mol. The number of carbonyl (C=O) groups is 1. The summed E-state index contributed by atoms with van der Waals surface area (Å²) in [5, 5.41) is 4.81. The quantitative estimate of drug-likeness (QED) is 0.344. The molecule has 0 spiro atoms. The fourth-order valence-corrected chi connectivity index (χ4v) is 4.40. The fourth-order valence-electron chi connectivity index (χ4n) is 4.18. The highest BCUT2D eigenvalue weighted by Gasteiger charge is 2.20. The Kier molecular flexibility index (Phi) is 4.85. The molecule has 0 aliphatic carbocycles. The number of benzene rings is 3. The lowest BCUT2D eigenvalue weighted by atomic mass is 10.1. The van der Waals surface area contributed by atoms with Crippen molar-refractivity contribution in [1.82, 2.24) is 15.3 Å². The van der Waals surface area contributed by atoms with Crippen molar-refractivity contribution in [3.8, 4) is 22.8 Å². The van der Waals surface area contributed by atoms with Crippen LogP contribution in [0.5, 0.6) is 11.5 Å². The van der Waals surface area contributed by atoms with E-state index in [0.29, 0.717) is 17.2 Å². The number of pyridine rings is 1. The van der Waals surface area contributed by atoms with Gasteiger partial charge in [-0.1, -0.05) is 35.9 Å². The molecule has 0 bridgehead atoms. The van der Waals surface area contributed by atoms with Gasteiger partial charge in [0, 0.05) is 39.0 Å². The number of fused-ring (bicyclic) bond motifs is 4. The van der Waals surface area contributed by atoms with Crippen molar-refractivity contribution in [2.24, 2.45) is 0 Å². The van der Waals surface area contributed by atoms with E-state index in [0.717, 1.165) is 27.4 Å².